The second-order valence-electron chi connectivity index (χ2n) is 4.17. The molecule has 1 aromatic carbocycles. The van der Waals surface area contributed by atoms with Gasteiger partial charge in [0, 0.05) is 24.5 Å². The van der Waals surface area contributed by atoms with Crippen LogP contribution in [0, 0.1) is 0 Å². The Morgan fingerprint density at radius 3 is 2.74 bits per heavy atom. The lowest BCUT2D eigenvalue weighted by Gasteiger charge is -2.06. The minimum atomic E-state index is 0.182. The average molecular weight is 275 g/mol. The Kier molecular flexibility index (Phi) is 2.53. The fourth-order valence-electron chi connectivity index (χ4n) is 1.98. The van der Waals surface area contributed by atoms with Crippen molar-refractivity contribution in [3.63, 3.8) is 0 Å². The summed E-state index contributed by atoms with van der Waals surface area (Å²) in [7, 11) is 1.84. The van der Waals surface area contributed by atoms with E-state index in [4.69, 9.17) is 23.1 Å². The van der Waals surface area contributed by atoms with Crippen molar-refractivity contribution in [2.75, 3.05) is 11.5 Å². The van der Waals surface area contributed by atoms with Gasteiger partial charge in [0.15, 0.2) is 0 Å². The van der Waals surface area contributed by atoms with Gasteiger partial charge in [0.05, 0.1) is 16.7 Å². The lowest BCUT2D eigenvalue weighted by Crippen LogP contribution is -1.97. The third-order valence-electron chi connectivity index (χ3n) is 2.99. The van der Waals surface area contributed by atoms with E-state index >= 15 is 0 Å². The smallest absolute Gasteiger partial charge is 0.222 e. The summed E-state index contributed by atoms with van der Waals surface area (Å²) in [5, 5.41) is 0.182. The molecule has 6 nitrogen and oxygen atoms in total. The molecule has 2 heterocycles. The number of nitrogens with two attached hydrogens (primary N) is 2. The average Bonchev–Trinajstić information content (AvgIpc) is 2.63. The number of aromatic nitrogens is 4. The fraction of sp³-hybridized carbons (Fsp3) is 0.0833. The minimum absolute atomic E-state index is 0.182. The van der Waals surface area contributed by atoms with Crippen LogP contribution in [0.3, 0.4) is 0 Å². The van der Waals surface area contributed by atoms with Crippen molar-refractivity contribution in [1.82, 2.24) is 19.5 Å². The predicted octanol–water partition coefficient (Wildman–Crippen LogP) is 1.85. The standard InChI is InChI=1S/C12H11ClN6/c1-19-10-4-6(8-2-3-16-11(13)17-8)7(14)5-9(10)18-12(19)15/h2-5H,14H2,1H3,(H2,15,18). The van der Waals surface area contributed by atoms with Crippen molar-refractivity contribution in [3.05, 3.63) is 29.7 Å². The van der Waals surface area contributed by atoms with E-state index in [0.29, 0.717) is 17.3 Å². The van der Waals surface area contributed by atoms with Gasteiger partial charge in [0.25, 0.3) is 0 Å². The summed E-state index contributed by atoms with van der Waals surface area (Å²) in [5.74, 6) is 0.437. The number of benzene rings is 1. The lowest BCUT2D eigenvalue weighted by atomic mass is 10.1. The van der Waals surface area contributed by atoms with Gasteiger partial charge in [0.2, 0.25) is 11.2 Å². The van der Waals surface area contributed by atoms with Crippen LogP contribution in [0.25, 0.3) is 22.3 Å². The molecule has 0 aliphatic carbocycles. The minimum Gasteiger partial charge on any atom is -0.398 e. The molecule has 0 atom stereocenters. The first kappa shape index (κ1) is 11.7. The molecule has 0 saturated heterocycles. The Morgan fingerprint density at radius 1 is 1.21 bits per heavy atom. The zero-order valence-corrected chi connectivity index (χ0v) is 10.9. The number of aryl methyl sites for hydroxylation is 1. The van der Waals surface area contributed by atoms with Crippen LogP contribution in [0.15, 0.2) is 24.4 Å². The molecule has 0 spiro atoms. The zero-order chi connectivity index (χ0) is 13.6. The van der Waals surface area contributed by atoms with Gasteiger partial charge in [0.1, 0.15) is 0 Å². The summed E-state index contributed by atoms with van der Waals surface area (Å²) < 4.78 is 1.79. The van der Waals surface area contributed by atoms with Gasteiger partial charge in [-0.1, -0.05) is 0 Å². The van der Waals surface area contributed by atoms with Crippen molar-refractivity contribution >= 4 is 34.3 Å². The maximum Gasteiger partial charge on any atom is 0.222 e. The van der Waals surface area contributed by atoms with Gasteiger partial charge in [-0.3, -0.25) is 0 Å². The summed E-state index contributed by atoms with van der Waals surface area (Å²) >= 11 is 5.80. The van der Waals surface area contributed by atoms with Crippen molar-refractivity contribution in [2.45, 2.75) is 0 Å². The summed E-state index contributed by atoms with van der Waals surface area (Å²) in [5.41, 5.74) is 15.5. The van der Waals surface area contributed by atoms with E-state index in [1.807, 2.05) is 13.1 Å². The van der Waals surface area contributed by atoms with Gasteiger partial charge in [-0.15, -0.1) is 0 Å². The van der Waals surface area contributed by atoms with E-state index in [-0.39, 0.29) is 5.28 Å². The number of rotatable bonds is 1. The molecule has 96 valence electrons. The van der Waals surface area contributed by atoms with Crippen molar-refractivity contribution in [3.8, 4) is 11.3 Å². The molecule has 3 aromatic rings. The Hall–Kier alpha value is -2.34. The maximum absolute atomic E-state index is 6.03. The number of imidazole rings is 1. The van der Waals surface area contributed by atoms with E-state index in [1.165, 1.54) is 0 Å². The number of anilines is 2. The molecular weight excluding hydrogens is 264 g/mol. The Bertz CT molecular complexity index is 779. The molecule has 0 aliphatic heterocycles. The Morgan fingerprint density at radius 2 is 2.00 bits per heavy atom. The Labute approximate surface area is 114 Å². The van der Waals surface area contributed by atoms with Crippen molar-refractivity contribution in [1.29, 1.82) is 0 Å². The second-order valence-corrected chi connectivity index (χ2v) is 4.51. The number of hydrogen-bond acceptors (Lipinski definition) is 5. The first-order valence-corrected chi connectivity index (χ1v) is 5.94. The number of nitrogen functional groups attached to an aromatic ring is 2. The molecule has 0 aliphatic rings. The van der Waals surface area contributed by atoms with Crippen LogP contribution in [0.4, 0.5) is 11.6 Å². The highest BCUT2D eigenvalue weighted by Gasteiger charge is 2.11. The van der Waals surface area contributed by atoms with Crippen LogP contribution in [0.2, 0.25) is 5.28 Å². The highest BCUT2D eigenvalue weighted by molar-refractivity contribution is 6.28. The summed E-state index contributed by atoms with van der Waals surface area (Å²) in [6.07, 6.45) is 1.59. The first-order chi connectivity index (χ1) is 9.06. The van der Waals surface area contributed by atoms with E-state index in [1.54, 1.807) is 22.9 Å². The quantitative estimate of drug-likeness (QED) is 0.521. The number of fused-ring (bicyclic) bond motifs is 1. The molecule has 4 N–H and O–H groups in total. The van der Waals surface area contributed by atoms with E-state index < -0.39 is 0 Å². The first-order valence-electron chi connectivity index (χ1n) is 5.56. The van der Waals surface area contributed by atoms with Gasteiger partial charge in [-0.25, -0.2) is 15.0 Å². The third kappa shape index (κ3) is 1.86. The largest absolute Gasteiger partial charge is 0.398 e. The Balaban J connectivity index is 2.29. The van der Waals surface area contributed by atoms with Crippen LogP contribution < -0.4 is 11.5 Å². The molecule has 7 heteroatoms. The van der Waals surface area contributed by atoms with E-state index in [0.717, 1.165) is 16.6 Å². The van der Waals surface area contributed by atoms with E-state index in [9.17, 15) is 0 Å². The molecule has 19 heavy (non-hydrogen) atoms. The highest BCUT2D eigenvalue weighted by Crippen LogP contribution is 2.30. The molecule has 0 unspecified atom stereocenters. The molecule has 0 fully saturated rings. The van der Waals surface area contributed by atoms with Crippen LogP contribution >= 0.6 is 11.6 Å². The van der Waals surface area contributed by atoms with Crippen LogP contribution in [-0.4, -0.2) is 19.5 Å². The fourth-order valence-corrected chi connectivity index (χ4v) is 2.13. The topological polar surface area (TPSA) is 95.6 Å². The van der Waals surface area contributed by atoms with Gasteiger partial charge < -0.3 is 16.0 Å². The molecule has 2 aromatic heterocycles. The van der Waals surface area contributed by atoms with Gasteiger partial charge >= 0.3 is 0 Å². The maximum atomic E-state index is 6.03. The molecular formula is C12H11ClN6. The summed E-state index contributed by atoms with van der Waals surface area (Å²) in [6.45, 7) is 0. The van der Waals surface area contributed by atoms with Crippen LogP contribution in [0.5, 0.6) is 0 Å². The van der Waals surface area contributed by atoms with Crippen LogP contribution in [0.1, 0.15) is 0 Å². The van der Waals surface area contributed by atoms with E-state index in [2.05, 4.69) is 15.0 Å². The number of hydrogen-bond donors (Lipinski definition) is 2. The predicted molar refractivity (Wildman–Crippen MR) is 75.6 cm³/mol. The summed E-state index contributed by atoms with van der Waals surface area (Å²) in [6, 6.07) is 5.42. The second kappa shape index (κ2) is 4.10. The SMILES string of the molecule is Cn1c(N)nc2cc(N)c(-c3ccnc(Cl)n3)cc21. The van der Waals surface area contributed by atoms with Gasteiger partial charge in [-0.2, -0.15) is 0 Å². The van der Waals surface area contributed by atoms with Crippen molar-refractivity contribution < 1.29 is 0 Å². The number of halogens is 1. The monoisotopic (exact) mass is 274 g/mol. The van der Waals surface area contributed by atoms with Crippen molar-refractivity contribution in [2.24, 2.45) is 7.05 Å². The molecule has 0 amide bonds. The normalized spacial score (nSPS) is 11.1. The zero-order valence-electron chi connectivity index (χ0n) is 10.1. The number of nitrogens with zero attached hydrogens (tertiary/aromatic N) is 4. The molecule has 0 radical (unpaired) electrons. The molecule has 0 bridgehead atoms. The third-order valence-corrected chi connectivity index (χ3v) is 3.17. The molecule has 0 saturated carbocycles. The van der Waals surface area contributed by atoms with Gasteiger partial charge in [-0.05, 0) is 29.8 Å². The highest BCUT2D eigenvalue weighted by atomic mass is 35.5. The molecule has 3 rings (SSSR count). The summed E-state index contributed by atoms with van der Waals surface area (Å²) in [4.78, 5) is 12.2. The lowest BCUT2D eigenvalue weighted by molar-refractivity contribution is 0.965. The van der Waals surface area contributed by atoms with Crippen LogP contribution in [-0.2, 0) is 7.05 Å².